The lowest BCUT2D eigenvalue weighted by atomic mass is 9.66. The summed E-state index contributed by atoms with van der Waals surface area (Å²) in [6.45, 7) is 0. The first-order valence-corrected chi connectivity index (χ1v) is 37.2. The molecular weight excluding hydrogens is 1310 g/mol. The molecule has 21 rings (SSSR count). The molecule has 0 bridgehead atoms. The van der Waals surface area contributed by atoms with Gasteiger partial charge in [-0.25, -0.2) is 29.9 Å². The summed E-state index contributed by atoms with van der Waals surface area (Å²) in [6.07, 6.45) is 0. The van der Waals surface area contributed by atoms with Gasteiger partial charge in [0.15, 0.2) is 34.9 Å². The van der Waals surface area contributed by atoms with E-state index in [1.807, 2.05) is 66.0 Å². The minimum atomic E-state index is -0.633. The largest absolute Gasteiger partial charge is 0.208 e. The normalized spacial score (nSPS) is 13.5. The highest BCUT2D eigenvalue weighted by Crippen LogP contribution is 2.65. The van der Waals surface area contributed by atoms with Gasteiger partial charge in [-0.05, 0) is 160 Å². The zero-order valence-corrected chi connectivity index (χ0v) is 57.7. The van der Waals surface area contributed by atoms with Crippen molar-refractivity contribution in [2.24, 2.45) is 0 Å². The summed E-state index contributed by atoms with van der Waals surface area (Å²) >= 11 is 5.43. The zero-order chi connectivity index (χ0) is 67.7. The number of hydrogen-bond donors (Lipinski definition) is 0. The average molecular weight is 1370 g/mol. The summed E-state index contributed by atoms with van der Waals surface area (Å²) in [4.78, 5) is 38.8. The van der Waals surface area contributed by atoms with Gasteiger partial charge >= 0.3 is 0 Å². The van der Waals surface area contributed by atoms with E-state index < -0.39 is 10.8 Å². The molecule has 5 heterocycles. The summed E-state index contributed by atoms with van der Waals surface area (Å²) in [7, 11) is 0. The molecule has 0 saturated heterocycles. The monoisotopic (exact) mass is 1360 g/mol. The van der Waals surface area contributed by atoms with Gasteiger partial charge in [-0.3, -0.25) is 0 Å². The Hall–Kier alpha value is -12.2. The highest BCUT2D eigenvalue weighted by atomic mass is 32.2. The Morgan fingerprint density at radius 1 is 0.204 bits per heavy atom. The molecule has 103 heavy (non-hydrogen) atoms. The molecule has 0 radical (unpaired) electrons. The summed E-state index contributed by atoms with van der Waals surface area (Å²) in [6, 6.07) is 124. The molecule has 2 aliphatic carbocycles. The van der Waals surface area contributed by atoms with Crippen molar-refractivity contribution in [2.45, 2.75) is 30.4 Å². The van der Waals surface area contributed by atoms with E-state index in [-0.39, 0.29) is 0 Å². The predicted octanol–water partition coefficient (Wildman–Crippen LogP) is 23.9. The van der Waals surface area contributed by atoms with Crippen molar-refractivity contribution in [1.82, 2.24) is 29.9 Å². The van der Waals surface area contributed by atoms with E-state index in [0.717, 1.165) is 76.2 Å². The number of thiophene rings is 1. The minimum Gasteiger partial charge on any atom is -0.208 e. The van der Waals surface area contributed by atoms with Crippen molar-refractivity contribution >= 4 is 45.6 Å². The van der Waals surface area contributed by atoms with Gasteiger partial charge in [-0.2, -0.15) is 0 Å². The van der Waals surface area contributed by atoms with Gasteiger partial charge in [0.05, 0.1) is 15.7 Å². The minimum absolute atomic E-state index is 0.537. The van der Waals surface area contributed by atoms with Gasteiger partial charge in [0, 0.05) is 52.3 Å². The highest BCUT2D eigenvalue weighted by molar-refractivity contribution is 7.99. The molecule has 0 N–H and O–H groups in total. The van der Waals surface area contributed by atoms with Crippen LogP contribution < -0.4 is 0 Å². The second-order valence-corrected chi connectivity index (χ2v) is 29.9. The van der Waals surface area contributed by atoms with Crippen LogP contribution in [0.1, 0.15) is 44.5 Å². The molecule has 17 aromatic rings. The third kappa shape index (κ3) is 9.29. The fourth-order valence-corrected chi connectivity index (χ4v) is 20.0. The molecule has 480 valence electrons. The smallest absolute Gasteiger partial charge is 0.174 e. The number of hydrogen-bond acceptors (Lipinski definition) is 9. The molecule has 14 aromatic carbocycles. The lowest BCUT2D eigenvalue weighted by molar-refractivity contribution is 0.723. The predicted molar refractivity (Wildman–Crippen MR) is 420 cm³/mol. The van der Waals surface area contributed by atoms with E-state index in [1.165, 1.54) is 86.3 Å². The van der Waals surface area contributed by atoms with Gasteiger partial charge < -0.3 is 0 Å². The number of fused-ring (bicyclic) bond motifs is 19. The third-order valence-corrected chi connectivity index (χ3v) is 24.6. The lowest BCUT2D eigenvalue weighted by Gasteiger charge is -2.40. The number of benzene rings is 14. The maximum Gasteiger partial charge on any atom is 0.174 e. The molecule has 0 saturated carbocycles. The Bertz CT molecular complexity index is 6180. The molecule has 2 aliphatic heterocycles. The van der Waals surface area contributed by atoms with Crippen LogP contribution in [-0.4, -0.2) is 29.9 Å². The summed E-state index contributed by atoms with van der Waals surface area (Å²) in [5.41, 5.74) is 24.3. The maximum atomic E-state index is 5.59. The second-order valence-electron chi connectivity index (χ2n) is 26.7. The fourth-order valence-electron chi connectivity index (χ4n) is 16.7. The molecule has 0 unspecified atom stereocenters. The molecule has 2 spiro atoms. The first-order valence-electron chi connectivity index (χ1n) is 34.7. The van der Waals surface area contributed by atoms with Crippen LogP contribution in [0.4, 0.5) is 0 Å². The van der Waals surface area contributed by atoms with Crippen LogP contribution >= 0.6 is 34.9 Å². The Morgan fingerprint density at radius 2 is 0.563 bits per heavy atom. The standard InChI is InChI=1S/C94H56N6S3/c1-4-23-59(24-5-1)87-95-88(60-25-6-2-7-26-60)98-91(97-87)85-53-52-80(101-85)65-47-51-84-79(56-65)94(74-36-18-14-32-70(74)71-33-15-19-37-75(71)94)77-54-63(45-49-82(77)103-84)57-40-42-62(43-41-57)90-96-89(61-27-8-3-9-28-61)99-92(100-90)86-66-29-11-10-22-58(66)44-48-67(86)64-46-50-83-78(55-64)93(76-38-20-21-39-81(76)102-83)72-34-16-12-30-68(72)69-31-13-17-35-73(69)93/h1-56H. The Labute approximate surface area is 608 Å². The molecule has 6 nitrogen and oxygen atoms in total. The molecule has 0 amide bonds. The number of aromatic nitrogens is 6. The van der Waals surface area contributed by atoms with Crippen LogP contribution in [0, 0.1) is 0 Å². The quantitative estimate of drug-likeness (QED) is 0.141. The van der Waals surface area contributed by atoms with Gasteiger partial charge in [0.1, 0.15) is 0 Å². The highest BCUT2D eigenvalue weighted by Gasteiger charge is 2.52. The molecule has 0 atom stereocenters. The van der Waals surface area contributed by atoms with E-state index in [9.17, 15) is 0 Å². The van der Waals surface area contributed by atoms with E-state index in [4.69, 9.17) is 29.9 Å². The third-order valence-electron chi connectivity index (χ3n) is 21.2. The molecule has 4 aliphatic rings. The second kappa shape index (κ2) is 23.7. The Kier molecular flexibility index (Phi) is 13.7. The van der Waals surface area contributed by atoms with Gasteiger partial charge in [0.2, 0.25) is 0 Å². The maximum absolute atomic E-state index is 5.59. The van der Waals surface area contributed by atoms with Crippen LogP contribution in [0.2, 0.25) is 0 Å². The van der Waals surface area contributed by atoms with Gasteiger partial charge in [-0.1, -0.05) is 309 Å². The van der Waals surface area contributed by atoms with Crippen LogP contribution in [0.25, 0.3) is 133 Å². The Morgan fingerprint density at radius 3 is 1.10 bits per heavy atom. The van der Waals surface area contributed by atoms with Crippen molar-refractivity contribution in [2.75, 3.05) is 0 Å². The Balaban J connectivity index is 0.682. The summed E-state index contributed by atoms with van der Waals surface area (Å²) in [5, 5.41) is 2.17. The van der Waals surface area contributed by atoms with Crippen molar-refractivity contribution < 1.29 is 0 Å². The van der Waals surface area contributed by atoms with Crippen LogP contribution in [-0.2, 0) is 10.8 Å². The van der Waals surface area contributed by atoms with Crippen molar-refractivity contribution in [3.05, 3.63) is 384 Å². The lowest BCUT2D eigenvalue weighted by Crippen LogP contribution is -2.32. The zero-order valence-electron chi connectivity index (χ0n) is 55.2. The van der Waals surface area contributed by atoms with Crippen molar-refractivity contribution in [1.29, 1.82) is 0 Å². The summed E-state index contributed by atoms with van der Waals surface area (Å²) < 4.78 is 0. The fraction of sp³-hybridized carbons (Fsp3) is 0.0213. The molecule has 3 aromatic heterocycles. The van der Waals surface area contributed by atoms with E-state index in [1.54, 1.807) is 11.3 Å². The molecule has 0 fully saturated rings. The first kappa shape index (κ1) is 59.6. The van der Waals surface area contributed by atoms with E-state index >= 15 is 0 Å². The van der Waals surface area contributed by atoms with Gasteiger partial charge in [0.25, 0.3) is 0 Å². The summed E-state index contributed by atoms with van der Waals surface area (Å²) in [5.74, 6) is 3.75. The van der Waals surface area contributed by atoms with Crippen molar-refractivity contribution in [3.8, 4) is 123 Å². The van der Waals surface area contributed by atoms with Crippen molar-refractivity contribution in [3.63, 3.8) is 0 Å². The van der Waals surface area contributed by atoms with Gasteiger partial charge in [-0.15, -0.1) is 11.3 Å². The molecular formula is C94H56N6S3. The van der Waals surface area contributed by atoms with Crippen LogP contribution in [0.5, 0.6) is 0 Å². The van der Waals surface area contributed by atoms with E-state index in [0.29, 0.717) is 34.9 Å². The van der Waals surface area contributed by atoms with E-state index in [2.05, 4.69) is 297 Å². The molecule has 9 heteroatoms. The number of rotatable bonds is 9. The van der Waals surface area contributed by atoms with Crippen LogP contribution in [0.15, 0.2) is 359 Å². The van der Waals surface area contributed by atoms with Crippen LogP contribution in [0.3, 0.4) is 0 Å². The average Bonchev–Trinajstić information content (AvgIpc) is 1.56. The SMILES string of the molecule is c1ccc(-c2nc(-c3ccccc3)nc(-c3ccc(-c4ccc5c(c4)C4(c6cc(-c7ccc(-c8nc(-c9ccccc9)nc(-c9c(-c%10ccc%11c(c%10)C%10(c%12ccccc%12S%11)c%11ccccc%11-c%11ccccc%11%10)ccc%10ccccc9%10)n8)cc7)ccc6S5)c5ccccc5-c5ccccc54)s3)n2)cc1. The topological polar surface area (TPSA) is 77.3 Å². The number of nitrogens with zero attached hydrogens (tertiary/aromatic N) is 6. The first-order chi connectivity index (χ1) is 51.0.